The second-order valence-corrected chi connectivity index (χ2v) is 7.05. The van der Waals surface area contributed by atoms with Gasteiger partial charge >= 0.3 is 5.97 Å². The molecule has 0 heterocycles. The number of carbonyl (C=O) groups is 1. The van der Waals surface area contributed by atoms with E-state index in [2.05, 4.69) is 6.92 Å². The number of benzene rings is 1. The number of allylic oxidation sites excluding steroid dienone is 1. The molecule has 0 spiro atoms. The molecule has 0 bridgehead atoms. The molecule has 140 valence electrons. The third-order valence-electron chi connectivity index (χ3n) is 4.79. The van der Waals surface area contributed by atoms with E-state index in [9.17, 15) is 9.90 Å². The molecule has 0 aromatic heterocycles. The zero-order valence-electron chi connectivity index (χ0n) is 16.0. The van der Waals surface area contributed by atoms with E-state index < -0.39 is 5.97 Å². The van der Waals surface area contributed by atoms with Gasteiger partial charge in [0, 0.05) is 0 Å². The van der Waals surface area contributed by atoms with Crippen LogP contribution in [-0.2, 0) is 4.79 Å². The maximum atomic E-state index is 11.4. The van der Waals surface area contributed by atoms with E-state index in [0.29, 0.717) is 6.42 Å². The highest BCUT2D eigenvalue weighted by Gasteiger charge is 2.14. The third-order valence-corrected chi connectivity index (χ3v) is 4.79. The van der Waals surface area contributed by atoms with E-state index in [1.54, 1.807) is 0 Å². The Kier molecular flexibility index (Phi) is 12.7. The maximum Gasteiger partial charge on any atom is 0.306 e. The molecule has 1 N–H and O–H groups in total. The van der Waals surface area contributed by atoms with E-state index in [4.69, 9.17) is 0 Å². The van der Waals surface area contributed by atoms with Crippen molar-refractivity contribution in [3.8, 4) is 0 Å². The number of unbranched alkanes of at least 4 members (excludes halogenated alkanes) is 9. The van der Waals surface area contributed by atoms with Gasteiger partial charge in [0.2, 0.25) is 0 Å². The first kappa shape index (κ1) is 21.5. The Morgan fingerprint density at radius 1 is 0.920 bits per heavy atom. The van der Waals surface area contributed by atoms with Gasteiger partial charge in [-0.05, 0) is 18.4 Å². The molecule has 0 saturated carbocycles. The Labute approximate surface area is 154 Å². The number of carboxylic acids is 1. The molecule has 0 aliphatic heterocycles. The zero-order valence-corrected chi connectivity index (χ0v) is 16.0. The van der Waals surface area contributed by atoms with Crippen LogP contribution in [0.5, 0.6) is 0 Å². The maximum absolute atomic E-state index is 11.4. The molecule has 0 amide bonds. The highest BCUT2D eigenvalue weighted by Crippen LogP contribution is 2.17. The van der Waals surface area contributed by atoms with Gasteiger partial charge in [0.25, 0.3) is 0 Å². The van der Waals surface area contributed by atoms with Gasteiger partial charge in [-0.2, -0.15) is 0 Å². The average molecular weight is 345 g/mol. The molecular weight excluding hydrogens is 308 g/mol. The lowest BCUT2D eigenvalue weighted by atomic mass is 9.96. The first-order valence-electron chi connectivity index (χ1n) is 10.2. The van der Waals surface area contributed by atoms with Crippen LogP contribution in [0.25, 0.3) is 6.08 Å². The van der Waals surface area contributed by atoms with Crippen LogP contribution in [0, 0.1) is 5.92 Å². The second kappa shape index (κ2) is 14.7. The van der Waals surface area contributed by atoms with Crippen molar-refractivity contribution < 1.29 is 9.90 Å². The predicted octanol–water partition coefficient (Wildman–Crippen LogP) is 7.10. The van der Waals surface area contributed by atoms with Crippen LogP contribution in [-0.4, -0.2) is 11.1 Å². The summed E-state index contributed by atoms with van der Waals surface area (Å²) in [5.74, 6) is -0.900. The molecule has 0 aliphatic rings. The van der Waals surface area contributed by atoms with Crippen molar-refractivity contribution in [2.24, 2.45) is 5.92 Å². The lowest BCUT2D eigenvalue weighted by Gasteiger charge is -2.09. The third kappa shape index (κ3) is 11.6. The molecule has 0 aliphatic carbocycles. The van der Waals surface area contributed by atoms with Crippen LogP contribution in [0.3, 0.4) is 0 Å². The topological polar surface area (TPSA) is 37.3 Å². The van der Waals surface area contributed by atoms with Gasteiger partial charge in [-0.1, -0.05) is 114 Å². The highest BCUT2D eigenvalue weighted by molar-refractivity contribution is 5.70. The summed E-state index contributed by atoms with van der Waals surface area (Å²) < 4.78 is 0. The van der Waals surface area contributed by atoms with Gasteiger partial charge in [-0.15, -0.1) is 0 Å². The van der Waals surface area contributed by atoms with Crippen molar-refractivity contribution in [3.63, 3.8) is 0 Å². The van der Waals surface area contributed by atoms with Crippen LogP contribution in [0.4, 0.5) is 0 Å². The summed E-state index contributed by atoms with van der Waals surface area (Å²) in [6.45, 7) is 2.25. The SMILES string of the molecule is CCCCCCCCCCCCC(CC=Cc1ccccc1)C(=O)O. The molecule has 1 aromatic carbocycles. The van der Waals surface area contributed by atoms with E-state index in [-0.39, 0.29) is 5.92 Å². The normalized spacial score (nSPS) is 12.5. The molecule has 0 radical (unpaired) electrons. The minimum atomic E-state index is -0.659. The van der Waals surface area contributed by atoms with E-state index in [0.717, 1.165) is 18.4 Å². The summed E-state index contributed by atoms with van der Waals surface area (Å²) in [6.07, 6.45) is 18.3. The highest BCUT2D eigenvalue weighted by atomic mass is 16.4. The second-order valence-electron chi connectivity index (χ2n) is 7.05. The first-order chi connectivity index (χ1) is 12.2. The van der Waals surface area contributed by atoms with Gasteiger partial charge in [0.1, 0.15) is 0 Å². The zero-order chi connectivity index (χ0) is 18.2. The Hall–Kier alpha value is -1.57. The average Bonchev–Trinajstić information content (AvgIpc) is 2.62. The van der Waals surface area contributed by atoms with Crippen LogP contribution in [0.2, 0.25) is 0 Å². The lowest BCUT2D eigenvalue weighted by Crippen LogP contribution is -2.12. The molecule has 1 unspecified atom stereocenters. The number of rotatable bonds is 15. The fourth-order valence-corrected chi connectivity index (χ4v) is 3.15. The lowest BCUT2D eigenvalue weighted by molar-refractivity contribution is -0.141. The van der Waals surface area contributed by atoms with Crippen molar-refractivity contribution in [2.45, 2.75) is 84.0 Å². The molecule has 2 heteroatoms. The molecule has 0 saturated heterocycles. The van der Waals surface area contributed by atoms with Gasteiger partial charge in [0.15, 0.2) is 0 Å². The van der Waals surface area contributed by atoms with Gasteiger partial charge in [-0.3, -0.25) is 4.79 Å². The van der Waals surface area contributed by atoms with Crippen LogP contribution < -0.4 is 0 Å². The summed E-state index contributed by atoms with van der Waals surface area (Å²) in [4.78, 5) is 11.4. The summed E-state index contributed by atoms with van der Waals surface area (Å²) in [7, 11) is 0. The van der Waals surface area contributed by atoms with Crippen LogP contribution in [0.1, 0.15) is 89.5 Å². The standard InChI is InChI=1S/C23H36O2/c1-2-3-4-5-6-7-8-9-10-14-19-22(23(24)25)20-15-18-21-16-12-11-13-17-21/h11-13,15-18,22H,2-10,14,19-20H2,1H3,(H,24,25). The Morgan fingerprint density at radius 3 is 2.04 bits per heavy atom. The first-order valence-corrected chi connectivity index (χ1v) is 10.2. The van der Waals surface area contributed by atoms with Crippen LogP contribution in [0.15, 0.2) is 36.4 Å². The predicted molar refractivity (Wildman–Crippen MR) is 108 cm³/mol. The molecule has 25 heavy (non-hydrogen) atoms. The molecular formula is C23H36O2. The number of aliphatic carboxylic acids is 1. The largest absolute Gasteiger partial charge is 0.481 e. The fraction of sp³-hybridized carbons (Fsp3) is 0.609. The molecule has 2 nitrogen and oxygen atoms in total. The van der Waals surface area contributed by atoms with Crippen LogP contribution >= 0.6 is 0 Å². The van der Waals surface area contributed by atoms with E-state index in [1.807, 2.05) is 42.5 Å². The minimum Gasteiger partial charge on any atom is -0.481 e. The van der Waals surface area contributed by atoms with E-state index in [1.165, 1.54) is 57.8 Å². The Morgan fingerprint density at radius 2 is 1.48 bits per heavy atom. The van der Waals surface area contributed by atoms with Gasteiger partial charge in [0.05, 0.1) is 5.92 Å². The molecule has 0 fully saturated rings. The summed E-state index contributed by atoms with van der Waals surface area (Å²) in [5, 5.41) is 9.38. The molecule has 1 atom stereocenters. The van der Waals surface area contributed by atoms with Crippen molar-refractivity contribution in [2.75, 3.05) is 0 Å². The number of hydrogen-bond acceptors (Lipinski definition) is 1. The van der Waals surface area contributed by atoms with Crippen molar-refractivity contribution >= 4 is 12.0 Å². The Balaban J connectivity index is 2.09. The summed E-state index contributed by atoms with van der Waals surface area (Å²) >= 11 is 0. The molecule has 1 rings (SSSR count). The molecule has 1 aromatic rings. The van der Waals surface area contributed by atoms with Crippen molar-refractivity contribution in [1.29, 1.82) is 0 Å². The van der Waals surface area contributed by atoms with Gasteiger partial charge < -0.3 is 5.11 Å². The summed E-state index contributed by atoms with van der Waals surface area (Å²) in [5.41, 5.74) is 1.13. The Bertz CT molecular complexity index is 464. The van der Waals surface area contributed by atoms with Gasteiger partial charge in [-0.25, -0.2) is 0 Å². The quantitative estimate of drug-likeness (QED) is 0.344. The summed E-state index contributed by atoms with van der Waals surface area (Å²) in [6, 6.07) is 10.1. The fourth-order valence-electron chi connectivity index (χ4n) is 3.15. The smallest absolute Gasteiger partial charge is 0.306 e. The monoisotopic (exact) mass is 344 g/mol. The van der Waals surface area contributed by atoms with Crippen molar-refractivity contribution in [1.82, 2.24) is 0 Å². The minimum absolute atomic E-state index is 0.242. The van der Waals surface area contributed by atoms with E-state index >= 15 is 0 Å². The number of carboxylic acid groups (broad SMARTS) is 1. The van der Waals surface area contributed by atoms with Crippen molar-refractivity contribution in [3.05, 3.63) is 42.0 Å². The number of hydrogen-bond donors (Lipinski definition) is 1.